The number of aromatic carboxylic acids is 1. The van der Waals surface area contributed by atoms with Gasteiger partial charge >= 0.3 is 5.97 Å². The highest BCUT2D eigenvalue weighted by atomic mass is 35.5. The van der Waals surface area contributed by atoms with E-state index in [1.807, 2.05) is 36.2 Å². The molecule has 0 amide bonds. The Morgan fingerprint density at radius 3 is 2.67 bits per heavy atom. The third kappa shape index (κ3) is 5.26. The monoisotopic (exact) mass is 441 g/mol. The molecule has 156 valence electrons. The quantitative estimate of drug-likeness (QED) is 0.234. The van der Waals surface area contributed by atoms with Gasteiger partial charge in [-0.2, -0.15) is 5.10 Å². The lowest BCUT2D eigenvalue weighted by Gasteiger charge is -2.15. The molecule has 0 aliphatic carbocycles. The van der Waals surface area contributed by atoms with Crippen LogP contribution in [0.1, 0.15) is 47.0 Å². The van der Waals surface area contributed by atoms with Crippen LogP contribution in [0.3, 0.4) is 0 Å². The minimum atomic E-state index is -0.972. The third-order valence-corrected chi connectivity index (χ3v) is 5.95. The van der Waals surface area contributed by atoms with Crippen LogP contribution < -0.4 is 5.01 Å². The van der Waals surface area contributed by atoms with Crippen molar-refractivity contribution < 1.29 is 9.90 Å². The number of unbranched alkanes of at least 4 members (excludes halogenated alkanes) is 2. The van der Waals surface area contributed by atoms with Gasteiger partial charge in [0.05, 0.1) is 17.5 Å². The van der Waals surface area contributed by atoms with Crippen molar-refractivity contribution in [2.75, 3.05) is 11.6 Å². The summed E-state index contributed by atoms with van der Waals surface area (Å²) in [7, 11) is 0. The Morgan fingerprint density at radius 2 is 1.93 bits per heavy atom. The highest BCUT2D eigenvalue weighted by molar-refractivity contribution is 7.16. The number of rotatable bonds is 9. The van der Waals surface area contributed by atoms with Gasteiger partial charge in [-0.15, -0.1) is 0 Å². The second kappa shape index (κ2) is 10.4. The van der Waals surface area contributed by atoms with Crippen molar-refractivity contribution in [3.05, 3.63) is 69.6 Å². The summed E-state index contributed by atoms with van der Waals surface area (Å²) in [5, 5.41) is 17.3. The highest BCUT2D eigenvalue weighted by Gasteiger charge is 2.17. The fraction of sp³-hybridized carbons (Fsp3) is 0.261. The van der Waals surface area contributed by atoms with Gasteiger partial charge in [-0.3, -0.25) is 0 Å². The first kappa shape index (κ1) is 22.0. The molecule has 1 heterocycles. The first-order valence-electron chi connectivity index (χ1n) is 9.87. The van der Waals surface area contributed by atoms with E-state index in [0.717, 1.165) is 40.5 Å². The van der Waals surface area contributed by atoms with Gasteiger partial charge in [-0.05, 0) is 25.5 Å². The van der Waals surface area contributed by atoms with E-state index in [4.69, 9.17) is 16.6 Å². The van der Waals surface area contributed by atoms with E-state index < -0.39 is 5.97 Å². The van der Waals surface area contributed by atoms with E-state index in [0.29, 0.717) is 17.1 Å². The predicted molar refractivity (Wildman–Crippen MR) is 125 cm³/mol. The van der Waals surface area contributed by atoms with Crippen LogP contribution in [-0.4, -0.2) is 28.8 Å². The molecule has 0 spiro atoms. The predicted octanol–water partition coefficient (Wildman–Crippen LogP) is 6.50. The number of nitrogens with zero attached hydrogens (tertiary/aromatic N) is 3. The van der Waals surface area contributed by atoms with Crippen LogP contribution >= 0.6 is 22.9 Å². The molecule has 5 nitrogen and oxygen atoms in total. The van der Waals surface area contributed by atoms with Crippen molar-refractivity contribution >= 4 is 40.3 Å². The summed E-state index contributed by atoms with van der Waals surface area (Å²) in [5.74, 6) is -0.972. The molecule has 0 atom stereocenters. The fourth-order valence-corrected chi connectivity index (χ4v) is 4.18. The molecule has 7 heteroatoms. The molecule has 1 N–H and O–H groups in total. The Bertz CT molecular complexity index is 1050. The number of thiazole rings is 1. The van der Waals surface area contributed by atoms with Gasteiger partial charge in [-0.1, -0.05) is 79.1 Å². The van der Waals surface area contributed by atoms with Crippen LogP contribution in [0, 0.1) is 6.92 Å². The molecule has 0 fully saturated rings. The summed E-state index contributed by atoms with van der Waals surface area (Å²) in [4.78, 5) is 17.4. The number of carboxylic acids is 1. The number of carbonyl (C=O) groups is 1. The zero-order chi connectivity index (χ0) is 21.5. The normalized spacial score (nSPS) is 11.2. The molecule has 3 aromatic rings. The topological polar surface area (TPSA) is 65.8 Å². The molecule has 0 saturated carbocycles. The highest BCUT2D eigenvalue weighted by Crippen LogP contribution is 2.36. The average Bonchev–Trinajstić information content (AvgIpc) is 3.12. The standard InChI is InChI=1S/C23H24ClN3O2S/c1-3-4-9-14-27(25-15-17-10-5-6-11-18(17)22(28)29)23-26-21(16(2)30-23)19-12-7-8-13-20(19)24/h5-8,10-13,15H,3-4,9,14H2,1-2H3,(H,28,29). The van der Waals surface area contributed by atoms with Gasteiger partial charge in [0, 0.05) is 27.6 Å². The maximum absolute atomic E-state index is 11.5. The first-order valence-corrected chi connectivity index (χ1v) is 11.1. The largest absolute Gasteiger partial charge is 0.478 e. The van der Waals surface area contributed by atoms with Crippen LogP contribution in [0.2, 0.25) is 5.02 Å². The summed E-state index contributed by atoms with van der Waals surface area (Å²) in [5.41, 5.74) is 2.53. The lowest BCUT2D eigenvalue weighted by molar-refractivity contribution is 0.0696. The van der Waals surface area contributed by atoms with Crippen molar-refractivity contribution in [3.8, 4) is 11.3 Å². The average molecular weight is 442 g/mol. The maximum atomic E-state index is 11.5. The fourth-order valence-electron chi connectivity index (χ4n) is 3.05. The van der Waals surface area contributed by atoms with Crippen LogP contribution in [0.4, 0.5) is 5.13 Å². The molecule has 0 saturated heterocycles. The smallest absolute Gasteiger partial charge is 0.336 e. The minimum absolute atomic E-state index is 0.224. The van der Waals surface area contributed by atoms with Crippen LogP contribution in [-0.2, 0) is 0 Å². The van der Waals surface area contributed by atoms with Gasteiger partial charge < -0.3 is 5.11 Å². The van der Waals surface area contributed by atoms with Gasteiger partial charge in [0.15, 0.2) is 0 Å². The van der Waals surface area contributed by atoms with Crippen molar-refractivity contribution in [2.24, 2.45) is 5.10 Å². The Morgan fingerprint density at radius 1 is 1.20 bits per heavy atom. The number of halogens is 1. The van der Waals surface area contributed by atoms with Gasteiger partial charge in [0.25, 0.3) is 0 Å². The molecule has 30 heavy (non-hydrogen) atoms. The molecular formula is C23H24ClN3O2S. The first-order chi connectivity index (χ1) is 14.5. The second-order valence-electron chi connectivity index (χ2n) is 6.85. The number of anilines is 1. The number of carboxylic acid groups (broad SMARTS) is 1. The van der Waals surface area contributed by atoms with Gasteiger partial charge in [0.1, 0.15) is 0 Å². The minimum Gasteiger partial charge on any atom is -0.478 e. The van der Waals surface area contributed by atoms with E-state index in [1.165, 1.54) is 0 Å². The van der Waals surface area contributed by atoms with Crippen molar-refractivity contribution in [2.45, 2.75) is 33.1 Å². The van der Waals surface area contributed by atoms with Crippen LogP contribution in [0.25, 0.3) is 11.3 Å². The summed E-state index contributed by atoms with van der Waals surface area (Å²) in [6.07, 6.45) is 4.75. The van der Waals surface area contributed by atoms with E-state index in [-0.39, 0.29) is 5.56 Å². The lowest BCUT2D eigenvalue weighted by atomic mass is 10.1. The van der Waals surface area contributed by atoms with E-state index in [1.54, 1.807) is 41.8 Å². The summed E-state index contributed by atoms with van der Waals surface area (Å²) >= 11 is 7.93. The van der Waals surface area contributed by atoms with Crippen molar-refractivity contribution in [1.82, 2.24) is 4.98 Å². The van der Waals surface area contributed by atoms with Crippen LogP contribution in [0.5, 0.6) is 0 Å². The number of hydrazone groups is 1. The molecule has 2 aromatic carbocycles. The number of hydrogen-bond donors (Lipinski definition) is 1. The molecule has 1 aromatic heterocycles. The molecule has 0 bridgehead atoms. The molecule has 0 radical (unpaired) electrons. The summed E-state index contributed by atoms with van der Waals surface area (Å²) in [6, 6.07) is 14.5. The molecular weight excluding hydrogens is 418 g/mol. The third-order valence-electron chi connectivity index (χ3n) is 4.64. The maximum Gasteiger partial charge on any atom is 0.336 e. The molecule has 0 aliphatic heterocycles. The second-order valence-corrected chi connectivity index (χ2v) is 8.44. The van der Waals surface area contributed by atoms with Gasteiger partial charge in [-0.25, -0.2) is 14.8 Å². The Kier molecular flexibility index (Phi) is 7.60. The zero-order valence-electron chi connectivity index (χ0n) is 17.0. The number of benzene rings is 2. The SMILES string of the molecule is CCCCCN(N=Cc1ccccc1C(=O)O)c1nc(-c2ccccc2Cl)c(C)s1. The van der Waals surface area contributed by atoms with Crippen molar-refractivity contribution in [3.63, 3.8) is 0 Å². The number of aromatic nitrogens is 1. The van der Waals surface area contributed by atoms with Crippen molar-refractivity contribution in [1.29, 1.82) is 0 Å². The molecule has 0 aliphatic rings. The number of aryl methyl sites for hydroxylation is 1. The summed E-state index contributed by atoms with van der Waals surface area (Å²) < 4.78 is 0. The molecule has 3 rings (SSSR count). The lowest BCUT2D eigenvalue weighted by Crippen LogP contribution is -2.18. The Labute approximate surface area is 185 Å². The number of hydrogen-bond acceptors (Lipinski definition) is 5. The van der Waals surface area contributed by atoms with E-state index in [2.05, 4.69) is 12.0 Å². The molecule has 0 unspecified atom stereocenters. The Hall–Kier alpha value is -2.70. The van der Waals surface area contributed by atoms with E-state index in [9.17, 15) is 9.90 Å². The Balaban J connectivity index is 1.94. The summed E-state index contributed by atoms with van der Waals surface area (Å²) in [6.45, 7) is 4.88. The zero-order valence-corrected chi connectivity index (χ0v) is 18.6. The van der Waals surface area contributed by atoms with E-state index >= 15 is 0 Å². The van der Waals surface area contributed by atoms with Crippen LogP contribution in [0.15, 0.2) is 53.6 Å². The van der Waals surface area contributed by atoms with Gasteiger partial charge in [0.2, 0.25) is 5.13 Å².